The highest BCUT2D eigenvalue weighted by Gasteiger charge is 2.27. The maximum Gasteiger partial charge on any atom is 0.133 e. The fourth-order valence-electron chi connectivity index (χ4n) is 3.21. The van der Waals surface area contributed by atoms with Crippen LogP contribution in [0.25, 0.3) is 0 Å². The molecule has 1 N–H and O–H groups in total. The molecule has 1 unspecified atom stereocenters. The molecule has 0 spiro atoms. The van der Waals surface area contributed by atoms with E-state index in [4.69, 9.17) is 4.98 Å². The van der Waals surface area contributed by atoms with Gasteiger partial charge in [-0.25, -0.2) is 15.0 Å². The number of piperidine rings is 1. The molecule has 2 aliphatic rings. The number of hydrogen-bond donors (Lipinski definition) is 1. The molecule has 0 bridgehead atoms. The van der Waals surface area contributed by atoms with Crippen molar-refractivity contribution in [3.63, 3.8) is 0 Å². The van der Waals surface area contributed by atoms with Gasteiger partial charge < -0.3 is 10.2 Å². The third kappa shape index (κ3) is 3.53. The molecule has 0 radical (unpaired) electrons. The first-order chi connectivity index (χ1) is 11.7. The van der Waals surface area contributed by atoms with Gasteiger partial charge in [-0.05, 0) is 66.7 Å². The van der Waals surface area contributed by atoms with Crippen LogP contribution in [-0.2, 0) is 0 Å². The van der Waals surface area contributed by atoms with Gasteiger partial charge in [0.2, 0.25) is 0 Å². The second kappa shape index (κ2) is 6.67. The van der Waals surface area contributed by atoms with Gasteiger partial charge in [0.15, 0.2) is 0 Å². The molecule has 1 saturated carbocycles. The highest BCUT2D eigenvalue weighted by atomic mass is 79.9. The van der Waals surface area contributed by atoms with Gasteiger partial charge in [-0.1, -0.05) is 0 Å². The van der Waals surface area contributed by atoms with Crippen molar-refractivity contribution in [1.29, 1.82) is 0 Å². The molecule has 1 atom stereocenters. The third-order valence-corrected chi connectivity index (χ3v) is 5.56. The van der Waals surface area contributed by atoms with Crippen LogP contribution in [0.4, 0.5) is 11.6 Å². The van der Waals surface area contributed by atoms with Crippen LogP contribution >= 0.6 is 15.9 Å². The molecular weight excluding hydrogens is 366 g/mol. The number of nitrogens with one attached hydrogen (secondary N) is 1. The summed E-state index contributed by atoms with van der Waals surface area (Å²) in [4.78, 5) is 16.2. The molecule has 0 aromatic carbocycles. The monoisotopic (exact) mass is 387 g/mol. The van der Waals surface area contributed by atoms with E-state index in [1.165, 1.54) is 12.8 Å². The number of aryl methyl sites for hydroxylation is 1. The number of halogens is 1. The first-order valence-electron chi connectivity index (χ1n) is 8.66. The average Bonchev–Trinajstić information content (AvgIpc) is 3.43. The Bertz CT molecular complexity index is 731. The van der Waals surface area contributed by atoms with Crippen molar-refractivity contribution >= 4 is 27.6 Å². The van der Waals surface area contributed by atoms with Gasteiger partial charge in [-0.15, -0.1) is 0 Å². The number of nitrogens with zero attached hydrogens (tertiary/aromatic N) is 4. The number of aromatic nitrogens is 3. The molecule has 4 rings (SSSR count). The lowest BCUT2D eigenvalue weighted by Gasteiger charge is -2.34. The first kappa shape index (κ1) is 15.8. The molecular formula is C18H22BrN5. The molecule has 1 aliphatic heterocycles. The van der Waals surface area contributed by atoms with Crippen LogP contribution in [-0.4, -0.2) is 34.1 Å². The van der Waals surface area contributed by atoms with Crippen molar-refractivity contribution in [2.75, 3.05) is 23.3 Å². The number of hydrogen-bond acceptors (Lipinski definition) is 5. The Hall–Kier alpha value is -1.69. The Morgan fingerprint density at radius 3 is 2.83 bits per heavy atom. The van der Waals surface area contributed by atoms with E-state index < -0.39 is 0 Å². The molecule has 2 fully saturated rings. The molecule has 2 aromatic heterocycles. The standard InChI is InChI=1S/C18H22BrN5/c1-12-15(19)6-7-17(21-12)24-10-2-3-14(11-24)22-16-8-9-20-18(23-16)13-4-5-13/h6-9,13-14H,2-5,10-11H2,1H3,(H,20,22,23). The summed E-state index contributed by atoms with van der Waals surface area (Å²) in [6, 6.07) is 6.55. The largest absolute Gasteiger partial charge is 0.365 e. The van der Waals surface area contributed by atoms with Crippen LogP contribution in [0.5, 0.6) is 0 Å². The zero-order valence-electron chi connectivity index (χ0n) is 13.9. The van der Waals surface area contributed by atoms with Gasteiger partial charge in [0.1, 0.15) is 17.5 Å². The lowest BCUT2D eigenvalue weighted by Crippen LogP contribution is -2.42. The van der Waals surface area contributed by atoms with E-state index in [-0.39, 0.29) is 0 Å². The highest BCUT2D eigenvalue weighted by Crippen LogP contribution is 2.38. The summed E-state index contributed by atoms with van der Waals surface area (Å²) in [5.74, 6) is 3.60. The van der Waals surface area contributed by atoms with E-state index in [1.54, 1.807) is 0 Å². The Balaban J connectivity index is 1.44. The fraction of sp³-hybridized carbons (Fsp3) is 0.500. The molecule has 1 aliphatic carbocycles. The summed E-state index contributed by atoms with van der Waals surface area (Å²) < 4.78 is 1.06. The second-order valence-electron chi connectivity index (χ2n) is 6.74. The Morgan fingerprint density at radius 1 is 1.17 bits per heavy atom. The summed E-state index contributed by atoms with van der Waals surface area (Å²) >= 11 is 3.53. The Labute approximate surface area is 151 Å². The maximum absolute atomic E-state index is 4.71. The van der Waals surface area contributed by atoms with E-state index in [0.29, 0.717) is 12.0 Å². The van der Waals surface area contributed by atoms with Crippen LogP contribution in [0, 0.1) is 6.92 Å². The SMILES string of the molecule is Cc1nc(N2CCCC(Nc3ccnc(C4CC4)n3)C2)ccc1Br. The zero-order valence-corrected chi connectivity index (χ0v) is 15.5. The highest BCUT2D eigenvalue weighted by molar-refractivity contribution is 9.10. The molecule has 5 nitrogen and oxygen atoms in total. The minimum atomic E-state index is 0.395. The summed E-state index contributed by atoms with van der Waals surface area (Å²) in [5, 5.41) is 3.60. The normalized spacial score (nSPS) is 20.9. The number of anilines is 2. The summed E-state index contributed by atoms with van der Waals surface area (Å²) in [6.45, 7) is 4.05. The molecule has 1 saturated heterocycles. The van der Waals surface area contributed by atoms with Crippen LogP contribution < -0.4 is 10.2 Å². The van der Waals surface area contributed by atoms with Gasteiger partial charge in [-0.3, -0.25) is 0 Å². The summed E-state index contributed by atoms with van der Waals surface area (Å²) in [6.07, 6.45) is 6.66. The zero-order chi connectivity index (χ0) is 16.5. The topological polar surface area (TPSA) is 53.9 Å². The summed E-state index contributed by atoms with van der Waals surface area (Å²) in [7, 11) is 0. The van der Waals surface area contributed by atoms with Gasteiger partial charge in [0.25, 0.3) is 0 Å². The predicted octanol–water partition coefficient (Wildman–Crippen LogP) is 3.90. The lowest BCUT2D eigenvalue weighted by atomic mass is 10.1. The predicted molar refractivity (Wildman–Crippen MR) is 99.5 cm³/mol. The van der Waals surface area contributed by atoms with Gasteiger partial charge >= 0.3 is 0 Å². The molecule has 2 aromatic rings. The second-order valence-corrected chi connectivity index (χ2v) is 7.59. The third-order valence-electron chi connectivity index (χ3n) is 4.72. The van der Waals surface area contributed by atoms with Gasteiger partial charge in [-0.2, -0.15) is 0 Å². The van der Waals surface area contributed by atoms with E-state index in [2.05, 4.69) is 48.2 Å². The van der Waals surface area contributed by atoms with Gasteiger partial charge in [0, 0.05) is 35.7 Å². The van der Waals surface area contributed by atoms with Crippen molar-refractivity contribution in [1.82, 2.24) is 15.0 Å². The quantitative estimate of drug-likeness (QED) is 0.861. The van der Waals surface area contributed by atoms with E-state index >= 15 is 0 Å². The van der Waals surface area contributed by atoms with Crippen LogP contribution in [0.3, 0.4) is 0 Å². The number of rotatable bonds is 4. The number of pyridine rings is 1. The molecule has 6 heteroatoms. The van der Waals surface area contributed by atoms with Crippen molar-refractivity contribution in [3.8, 4) is 0 Å². The Morgan fingerprint density at radius 2 is 2.04 bits per heavy atom. The molecule has 126 valence electrons. The van der Waals surface area contributed by atoms with Crippen LogP contribution in [0.2, 0.25) is 0 Å². The average molecular weight is 388 g/mol. The first-order valence-corrected chi connectivity index (χ1v) is 9.46. The fourth-order valence-corrected chi connectivity index (χ4v) is 3.43. The van der Waals surface area contributed by atoms with E-state index in [9.17, 15) is 0 Å². The van der Waals surface area contributed by atoms with Crippen molar-refractivity contribution in [2.24, 2.45) is 0 Å². The lowest BCUT2D eigenvalue weighted by molar-refractivity contribution is 0.525. The van der Waals surface area contributed by atoms with E-state index in [1.807, 2.05) is 19.2 Å². The van der Waals surface area contributed by atoms with Crippen molar-refractivity contribution in [3.05, 3.63) is 40.4 Å². The van der Waals surface area contributed by atoms with Crippen molar-refractivity contribution in [2.45, 2.75) is 44.6 Å². The maximum atomic E-state index is 4.71. The minimum Gasteiger partial charge on any atom is -0.365 e. The van der Waals surface area contributed by atoms with Crippen molar-refractivity contribution < 1.29 is 0 Å². The van der Waals surface area contributed by atoms with Crippen LogP contribution in [0.1, 0.15) is 43.1 Å². The molecule has 24 heavy (non-hydrogen) atoms. The summed E-state index contributed by atoms with van der Waals surface area (Å²) in [5.41, 5.74) is 1.03. The smallest absolute Gasteiger partial charge is 0.133 e. The molecule has 3 heterocycles. The minimum absolute atomic E-state index is 0.395. The molecule has 0 amide bonds. The van der Waals surface area contributed by atoms with Gasteiger partial charge in [0.05, 0.1) is 5.69 Å². The van der Waals surface area contributed by atoms with E-state index in [0.717, 1.165) is 53.6 Å². The van der Waals surface area contributed by atoms with Crippen LogP contribution in [0.15, 0.2) is 28.9 Å². The Kier molecular flexibility index (Phi) is 4.39.